The second-order valence-electron chi connectivity index (χ2n) is 9.17. The molecule has 0 saturated carbocycles. The van der Waals surface area contributed by atoms with Gasteiger partial charge in [0.1, 0.15) is 11.5 Å². The molecule has 4 aromatic rings. The fourth-order valence-electron chi connectivity index (χ4n) is 4.01. The Balaban J connectivity index is 1.45. The Morgan fingerprint density at radius 3 is 1.98 bits per heavy atom. The van der Waals surface area contributed by atoms with Crippen LogP contribution in [0.15, 0.2) is 84.9 Å². The number of methoxy groups -OCH3 is 1. The monoisotopic (exact) mass is 578 g/mol. The molecule has 0 heterocycles. The number of nitrogens with one attached hydrogen (secondary N) is 2. The number of rotatable bonds is 8. The topological polar surface area (TPSA) is 114 Å². The van der Waals surface area contributed by atoms with Gasteiger partial charge in [-0.25, -0.2) is 4.79 Å². The molecule has 0 unspecified atom stereocenters. The van der Waals surface area contributed by atoms with Crippen LogP contribution in [-0.2, 0) is 4.74 Å². The largest absolute Gasteiger partial charge is 0.508 e. The van der Waals surface area contributed by atoms with Gasteiger partial charge in [-0.15, -0.1) is 0 Å². The van der Waals surface area contributed by atoms with E-state index >= 15 is 0 Å². The smallest absolute Gasteiger partial charge is 0.422 e. The molecule has 0 radical (unpaired) electrons. The van der Waals surface area contributed by atoms with E-state index in [1.165, 1.54) is 38.3 Å². The van der Waals surface area contributed by atoms with E-state index in [0.29, 0.717) is 22.7 Å². The van der Waals surface area contributed by atoms with Crippen LogP contribution in [0.3, 0.4) is 0 Å². The third kappa shape index (κ3) is 7.45. The molecule has 4 aromatic carbocycles. The Hall–Kier alpha value is -5.32. The zero-order valence-corrected chi connectivity index (χ0v) is 22.4. The summed E-state index contributed by atoms with van der Waals surface area (Å²) in [7, 11) is 1.43. The van der Waals surface area contributed by atoms with Crippen molar-refractivity contribution in [3.63, 3.8) is 0 Å². The lowest BCUT2D eigenvalue weighted by molar-refractivity contribution is -0.161. The molecule has 42 heavy (non-hydrogen) atoms. The van der Waals surface area contributed by atoms with Crippen molar-refractivity contribution in [3.05, 3.63) is 107 Å². The number of esters is 1. The van der Waals surface area contributed by atoms with E-state index in [1.54, 1.807) is 60.7 Å². The summed E-state index contributed by atoms with van der Waals surface area (Å²) < 4.78 is 46.7. The van der Waals surface area contributed by atoms with Crippen molar-refractivity contribution in [1.29, 1.82) is 0 Å². The van der Waals surface area contributed by atoms with Gasteiger partial charge in [0.2, 0.25) is 0 Å². The SMILES string of the molecule is COc1ccc(NC(=O)c2ccc(C(=O)OCC(F)(F)F)c(C)c2)cc1NC(=O)c1ccc(-c2ccc(O)cc2)cc1. The highest BCUT2D eigenvalue weighted by atomic mass is 19.4. The second kappa shape index (κ2) is 12.5. The summed E-state index contributed by atoms with van der Waals surface area (Å²) in [6.07, 6.45) is -4.65. The van der Waals surface area contributed by atoms with Crippen molar-refractivity contribution >= 4 is 29.2 Å². The zero-order chi connectivity index (χ0) is 30.4. The molecule has 216 valence electrons. The third-order valence-electron chi connectivity index (χ3n) is 6.13. The highest BCUT2D eigenvalue weighted by molar-refractivity contribution is 6.07. The number of anilines is 2. The van der Waals surface area contributed by atoms with E-state index < -0.39 is 30.6 Å². The normalized spacial score (nSPS) is 11.0. The number of aromatic hydroxyl groups is 1. The number of aryl methyl sites for hydroxylation is 1. The minimum absolute atomic E-state index is 0.0960. The molecule has 0 spiro atoms. The second-order valence-corrected chi connectivity index (χ2v) is 9.17. The average molecular weight is 579 g/mol. The van der Waals surface area contributed by atoms with Gasteiger partial charge in [-0.05, 0) is 84.3 Å². The summed E-state index contributed by atoms with van der Waals surface area (Å²) in [6.45, 7) is -0.242. The van der Waals surface area contributed by atoms with E-state index in [1.807, 2.05) is 0 Å². The Labute approximate surface area is 238 Å². The number of ether oxygens (including phenoxy) is 2. The first kappa shape index (κ1) is 29.7. The predicted octanol–water partition coefficient (Wildman–Crippen LogP) is 6.60. The quantitative estimate of drug-likeness (QED) is 0.203. The van der Waals surface area contributed by atoms with Crippen LogP contribution in [0.2, 0.25) is 0 Å². The van der Waals surface area contributed by atoms with Crippen molar-refractivity contribution in [2.24, 2.45) is 0 Å². The summed E-state index contributed by atoms with van der Waals surface area (Å²) in [6, 6.07) is 22.0. The Bertz CT molecular complexity index is 1620. The molecule has 11 heteroatoms. The van der Waals surface area contributed by atoms with Gasteiger partial charge in [0.25, 0.3) is 11.8 Å². The number of amides is 2. The number of phenols is 1. The molecular formula is C31H25F3N2O6. The lowest BCUT2D eigenvalue weighted by Crippen LogP contribution is -2.21. The van der Waals surface area contributed by atoms with Gasteiger partial charge in [0.05, 0.1) is 18.4 Å². The summed E-state index contributed by atoms with van der Waals surface area (Å²) >= 11 is 0. The molecule has 0 aliphatic heterocycles. The van der Waals surface area contributed by atoms with E-state index in [2.05, 4.69) is 15.4 Å². The molecule has 4 rings (SSSR count). The number of hydrogen-bond acceptors (Lipinski definition) is 6. The molecule has 0 atom stereocenters. The van der Waals surface area contributed by atoms with Crippen molar-refractivity contribution in [2.45, 2.75) is 13.1 Å². The van der Waals surface area contributed by atoms with Gasteiger partial charge >= 0.3 is 12.1 Å². The molecule has 0 saturated heterocycles. The molecule has 3 N–H and O–H groups in total. The molecule has 2 amide bonds. The van der Waals surface area contributed by atoms with Crippen LogP contribution >= 0.6 is 0 Å². The molecular weight excluding hydrogens is 553 g/mol. The summed E-state index contributed by atoms with van der Waals surface area (Å²) in [5.74, 6) is -1.62. The van der Waals surface area contributed by atoms with Crippen molar-refractivity contribution < 1.29 is 42.1 Å². The molecule has 0 aliphatic carbocycles. The maximum atomic E-state index is 13.0. The van der Waals surface area contributed by atoms with Crippen LogP contribution in [0, 0.1) is 6.92 Å². The van der Waals surface area contributed by atoms with Crippen LogP contribution < -0.4 is 15.4 Å². The van der Waals surface area contributed by atoms with Crippen molar-refractivity contribution in [1.82, 2.24) is 0 Å². The van der Waals surface area contributed by atoms with Gasteiger partial charge in [0, 0.05) is 16.8 Å². The molecule has 0 fully saturated rings. The first-order valence-corrected chi connectivity index (χ1v) is 12.5. The molecule has 0 aliphatic rings. The van der Waals surface area contributed by atoms with Gasteiger partial charge in [-0.1, -0.05) is 24.3 Å². The first-order valence-electron chi connectivity index (χ1n) is 12.5. The van der Waals surface area contributed by atoms with Gasteiger partial charge in [-0.3, -0.25) is 9.59 Å². The zero-order valence-electron chi connectivity index (χ0n) is 22.4. The standard InChI is InChI=1S/C31H25F3N2O6/c1-18-15-22(9-13-25(18)30(40)42-17-31(32,33)34)29(39)35-23-10-14-27(41-2)26(16-23)36-28(38)21-5-3-19(4-6-21)20-7-11-24(37)12-8-20/h3-16,37H,17H2,1-2H3,(H,35,39)(H,36,38). The third-order valence-corrected chi connectivity index (χ3v) is 6.13. The summed E-state index contributed by atoms with van der Waals surface area (Å²) in [4.78, 5) is 37.8. The fraction of sp³-hybridized carbons (Fsp3) is 0.129. The Kier molecular flexibility index (Phi) is 8.80. The first-order chi connectivity index (χ1) is 19.9. The van der Waals surface area contributed by atoms with Crippen LogP contribution in [0.5, 0.6) is 11.5 Å². The minimum Gasteiger partial charge on any atom is -0.508 e. The van der Waals surface area contributed by atoms with E-state index in [9.17, 15) is 32.7 Å². The number of phenolic OH excluding ortho intramolecular Hbond substituents is 1. The van der Waals surface area contributed by atoms with E-state index in [-0.39, 0.29) is 22.4 Å². The maximum absolute atomic E-state index is 13.0. The number of benzene rings is 4. The fourth-order valence-corrected chi connectivity index (χ4v) is 4.01. The number of alkyl halides is 3. The average Bonchev–Trinajstić information content (AvgIpc) is 2.96. The predicted molar refractivity (Wildman–Crippen MR) is 150 cm³/mol. The molecule has 8 nitrogen and oxygen atoms in total. The number of carbonyl (C=O) groups is 3. The lowest BCUT2D eigenvalue weighted by atomic mass is 10.0. The van der Waals surface area contributed by atoms with Crippen molar-refractivity contribution in [3.8, 4) is 22.6 Å². The highest BCUT2D eigenvalue weighted by Crippen LogP contribution is 2.29. The Morgan fingerprint density at radius 1 is 0.786 bits per heavy atom. The Morgan fingerprint density at radius 2 is 1.38 bits per heavy atom. The minimum atomic E-state index is -4.65. The molecule has 0 aromatic heterocycles. The molecule has 0 bridgehead atoms. The van der Waals surface area contributed by atoms with Crippen LogP contribution in [0.1, 0.15) is 36.6 Å². The van der Waals surface area contributed by atoms with Crippen LogP contribution in [0.25, 0.3) is 11.1 Å². The number of halogens is 3. The van der Waals surface area contributed by atoms with Crippen LogP contribution in [0.4, 0.5) is 24.5 Å². The van der Waals surface area contributed by atoms with Crippen molar-refractivity contribution in [2.75, 3.05) is 24.4 Å². The van der Waals surface area contributed by atoms with Crippen LogP contribution in [-0.4, -0.2) is 42.8 Å². The number of hydrogen-bond donors (Lipinski definition) is 3. The van der Waals surface area contributed by atoms with Gasteiger partial charge in [-0.2, -0.15) is 13.2 Å². The maximum Gasteiger partial charge on any atom is 0.422 e. The van der Waals surface area contributed by atoms with E-state index in [0.717, 1.165) is 11.1 Å². The summed E-state index contributed by atoms with van der Waals surface area (Å²) in [5.41, 5.74) is 3.03. The summed E-state index contributed by atoms with van der Waals surface area (Å²) in [5, 5.41) is 14.9. The number of carbonyl (C=O) groups excluding carboxylic acids is 3. The van der Waals surface area contributed by atoms with Gasteiger partial charge < -0.3 is 25.2 Å². The van der Waals surface area contributed by atoms with E-state index in [4.69, 9.17) is 4.74 Å². The highest BCUT2D eigenvalue weighted by Gasteiger charge is 2.30. The lowest BCUT2D eigenvalue weighted by Gasteiger charge is -2.14. The van der Waals surface area contributed by atoms with Gasteiger partial charge in [0.15, 0.2) is 6.61 Å².